The van der Waals surface area contributed by atoms with Crippen molar-refractivity contribution < 1.29 is 9.59 Å². The van der Waals surface area contributed by atoms with E-state index in [4.69, 9.17) is 16.6 Å². The molecule has 5 rings (SSSR count). The number of carbonyl (C=O) groups excluding carboxylic acids is 2. The Hall–Kier alpha value is -3.29. The van der Waals surface area contributed by atoms with Crippen LogP contribution in [0.1, 0.15) is 11.1 Å². The smallest absolute Gasteiger partial charge is 0.324 e. The van der Waals surface area contributed by atoms with Gasteiger partial charge in [-0.15, -0.1) is 0 Å². The number of aromatic nitrogens is 2. The zero-order chi connectivity index (χ0) is 23.5. The lowest BCUT2D eigenvalue weighted by molar-refractivity contribution is -0.127. The average Bonchev–Trinajstić information content (AvgIpc) is 3.42. The van der Waals surface area contributed by atoms with E-state index in [9.17, 15) is 9.59 Å². The highest BCUT2D eigenvalue weighted by atomic mass is 35.5. The van der Waals surface area contributed by atoms with Crippen LogP contribution in [0.4, 0.5) is 4.79 Å². The SMILES string of the molecule is O=C1NCCN1C(=O)C(Cc1ccccc1)Sc1nc2cc(Cl)ccc2n1Cc1ccccc1. The molecule has 8 heteroatoms. The standard InChI is InChI=1S/C26H23ClN4O2S/c27-20-11-12-22-21(16-20)29-26(31(22)17-19-9-5-2-6-10-19)34-23(15-18-7-3-1-4-8-18)24(32)30-14-13-28-25(30)33/h1-12,16,23H,13-15,17H2,(H,28,33). The number of halogens is 1. The number of carbonyl (C=O) groups is 2. The van der Waals surface area contributed by atoms with Crippen LogP contribution >= 0.6 is 23.4 Å². The van der Waals surface area contributed by atoms with Crippen molar-refractivity contribution >= 4 is 46.3 Å². The molecule has 4 aromatic rings. The van der Waals surface area contributed by atoms with E-state index >= 15 is 0 Å². The third kappa shape index (κ3) is 4.81. The topological polar surface area (TPSA) is 67.2 Å². The fraction of sp³-hybridized carbons (Fsp3) is 0.192. The highest BCUT2D eigenvalue weighted by Crippen LogP contribution is 2.32. The van der Waals surface area contributed by atoms with Crippen molar-refractivity contribution in [3.05, 3.63) is 95.0 Å². The molecule has 0 saturated carbocycles. The Kier molecular flexibility index (Phi) is 6.56. The van der Waals surface area contributed by atoms with Crippen LogP contribution in [-0.2, 0) is 17.8 Å². The van der Waals surface area contributed by atoms with E-state index in [1.807, 2.05) is 66.7 Å². The minimum atomic E-state index is -0.506. The first-order valence-corrected chi connectivity index (χ1v) is 12.3. The van der Waals surface area contributed by atoms with Gasteiger partial charge in [-0.2, -0.15) is 0 Å². The molecule has 3 amide bonds. The molecule has 1 atom stereocenters. The van der Waals surface area contributed by atoms with Gasteiger partial charge in [0.25, 0.3) is 0 Å². The Morgan fingerprint density at radius 3 is 2.41 bits per heavy atom. The van der Waals surface area contributed by atoms with Crippen LogP contribution in [0.25, 0.3) is 11.0 Å². The Balaban J connectivity index is 1.53. The largest absolute Gasteiger partial charge is 0.336 e. The summed E-state index contributed by atoms with van der Waals surface area (Å²) in [6, 6.07) is 25.3. The molecule has 2 heterocycles. The summed E-state index contributed by atoms with van der Waals surface area (Å²) in [7, 11) is 0. The first-order chi connectivity index (χ1) is 16.6. The van der Waals surface area contributed by atoms with Crippen LogP contribution < -0.4 is 5.32 Å². The summed E-state index contributed by atoms with van der Waals surface area (Å²) in [5.41, 5.74) is 3.88. The predicted octanol–water partition coefficient (Wildman–Crippen LogP) is 4.99. The molecule has 6 nitrogen and oxygen atoms in total. The van der Waals surface area contributed by atoms with Crippen LogP contribution in [0.2, 0.25) is 5.02 Å². The van der Waals surface area contributed by atoms with Crippen LogP contribution in [0, 0.1) is 0 Å². The molecule has 1 unspecified atom stereocenters. The van der Waals surface area contributed by atoms with Crippen molar-refractivity contribution in [2.45, 2.75) is 23.4 Å². The van der Waals surface area contributed by atoms with Gasteiger partial charge in [0, 0.05) is 18.1 Å². The predicted molar refractivity (Wildman–Crippen MR) is 135 cm³/mol. The zero-order valence-electron chi connectivity index (χ0n) is 18.4. The summed E-state index contributed by atoms with van der Waals surface area (Å²) >= 11 is 7.64. The summed E-state index contributed by atoms with van der Waals surface area (Å²) < 4.78 is 2.11. The molecule has 0 bridgehead atoms. The number of fused-ring (bicyclic) bond motifs is 1. The van der Waals surface area contributed by atoms with Crippen LogP contribution in [0.5, 0.6) is 0 Å². The van der Waals surface area contributed by atoms with E-state index in [0.717, 1.165) is 27.3 Å². The van der Waals surface area contributed by atoms with Gasteiger partial charge in [0.1, 0.15) is 0 Å². The summed E-state index contributed by atoms with van der Waals surface area (Å²) in [6.07, 6.45) is 0.490. The van der Waals surface area contributed by atoms with Crippen molar-refractivity contribution in [1.29, 1.82) is 0 Å². The zero-order valence-corrected chi connectivity index (χ0v) is 19.9. The van der Waals surface area contributed by atoms with Gasteiger partial charge in [-0.25, -0.2) is 9.78 Å². The number of rotatable bonds is 7. The third-order valence-corrected chi connectivity index (χ3v) is 7.18. The van der Waals surface area contributed by atoms with Gasteiger partial charge in [0.2, 0.25) is 5.91 Å². The second kappa shape index (κ2) is 9.91. The van der Waals surface area contributed by atoms with Crippen molar-refractivity contribution in [1.82, 2.24) is 19.8 Å². The van der Waals surface area contributed by atoms with Gasteiger partial charge in [-0.05, 0) is 35.7 Å². The van der Waals surface area contributed by atoms with E-state index in [1.54, 1.807) is 0 Å². The highest BCUT2D eigenvalue weighted by molar-refractivity contribution is 8.00. The number of imidazole rings is 1. The maximum absolute atomic E-state index is 13.5. The number of urea groups is 1. The number of benzene rings is 3. The molecule has 1 saturated heterocycles. The molecule has 172 valence electrons. The quantitative estimate of drug-likeness (QED) is 0.370. The molecule has 0 spiro atoms. The number of thioether (sulfide) groups is 1. The van der Waals surface area contributed by atoms with Crippen LogP contribution in [0.15, 0.2) is 84.0 Å². The van der Waals surface area contributed by atoms with Gasteiger partial charge < -0.3 is 9.88 Å². The van der Waals surface area contributed by atoms with Crippen molar-refractivity contribution in [3.63, 3.8) is 0 Å². The number of nitrogens with zero attached hydrogens (tertiary/aromatic N) is 3. The Labute approximate surface area is 206 Å². The van der Waals surface area contributed by atoms with Crippen molar-refractivity contribution in [2.75, 3.05) is 13.1 Å². The van der Waals surface area contributed by atoms with Gasteiger partial charge in [0.05, 0.1) is 22.8 Å². The van der Waals surface area contributed by atoms with Gasteiger partial charge >= 0.3 is 6.03 Å². The first-order valence-electron chi connectivity index (χ1n) is 11.1. The first kappa shape index (κ1) is 22.5. The maximum Gasteiger partial charge on any atom is 0.324 e. The Morgan fingerprint density at radius 2 is 1.74 bits per heavy atom. The van der Waals surface area contributed by atoms with E-state index in [-0.39, 0.29) is 11.9 Å². The second-order valence-electron chi connectivity index (χ2n) is 8.12. The van der Waals surface area contributed by atoms with Crippen LogP contribution in [0.3, 0.4) is 0 Å². The second-order valence-corrected chi connectivity index (χ2v) is 9.72. The maximum atomic E-state index is 13.5. The molecule has 3 aromatic carbocycles. The van der Waals surface area contributed by atoms with Gasteiger partial charge in [-0.1, -0.05) is 84.0 Å². The normalized spacial score (nSPS) is 14.4. The highest BCUT2D eigenvalue weighted by Gasteiger charge is 2.33. The van der Waals surface area contributed by atoms with Crippen molar-refractivity contribution in [3.8, 4) is 0 Å². The molecule has 1 N–H and O–H groups in total. The summed E-state index contributed by atoms with van der Waals surface area (Å²) in [5.74, 6) is -0.208. The molecule has 1 aromatic heterocycles. The summed E-state index contributed by atoms with van der Waals surface area (Å²) in [4.78, 5) is 31.9. The van der Waals surface area contributed by atoms with E-state index < -0.39 is 5.25 Å². The van der Waals surface area contributed by atoms with Crippen molar-refractivity contribution in [2.24, 2.45) is 0 Å². The van der Waals surface area contributed by atoms with E-state index in [1.165, 1.54) is 16.7 Å². The number of hydrogen-bond donors (Lipinski definition) is 1. The molecular weight excluding hydrogens is 468 g/mol. The fourth-order valence-corrected chi connectivity index (χ4v) is 5.45. The Bertz CT molecular complexity index is 1330. The molecule has 0 aliphatic carbocycles. The van der Waals surface area contributed by atoms with Gasteiger partial charge in [-0.3, -0.25) is 9.69 Å². The van der Waals surface area contributed by atoms with Gasteiger partial charge in [0.15, 0.2) is 5.16 Å². The van der Waals surface area contributed by atoms with Crippen LogP contribution in [-0.4, -0.2) is 44.7 Å². The molecule has 0 radical (unpaired) electrons. The Morgan fingerprint density at radius 1 is 1.03 bits per heavy atom. The molecule has 1 aliphatic rings. The third-order valence-electron chi connectivity index (χ3n) is 5.77. The number of nitrogens with one attached hydrogen (secondary N) is 1. The summed E-state index contributed by atoms with van der Waals surface area (Å²) in [5, 5.41) is 3.55. The molecule has 1 aliphatic heterocycles. The molecule has 1 fully saturated rings. The van der Waals surface area contributed by atoms with E-state index in [2.05, 4.69) is 22.0 Å². The lowest BCUT2D eigenvalue weighted by Gasteiger charge is -2.21. The molecule has 34 heavy (non-hydrogen) atoms. The number of hydrogen-bond acceptors (Lipinski definition) is 4. The lowest BCUT2D eigenvalue weighted by Crippen LogP contribution is -2.41. The van der Waals surface area contributed by atoms with E-state index in [0.29, 0.717) is 31.1 Å². The number of imide groups is 1. The minimum absolute atomic E-state index is 0.208. The lowest BCUT2D eigenvalue weighted by atomic mass is 10.1. The summed E-state index contributed by atoms with van der Waals surface area (Å²) in [6.45, 7) is 1.45. The number of amides is 3. The fourth-order valence-electron chi connectivity index (χ4n) is 4.08. The average molecular weight is 491 g/mol. The monoisotopic (exact) mass is 490 g/mol. The minimum Gasteiger partial charge on any atom is -0.336 e. The molecular formula is C26H23ClN4O2S.